The number of ether oxygens (including phenoxy) is 2. The van der Waals surface area contributed by atoms with Gasteiger partial charge in [0.25, 0.3) is 5.22 Å². The molecule has 1 aromatic heterocycles. The lowest BCUT2D eigenvalue weighted by Gasteiger charge is -2.05. The summed E-state index contributed by atoms with van der Waals surface area (Å²) < 4.78 is 14.6. The van der Waals surface area contributed by atoms with Crippen LogP contribution in [0.25, 0.3) is 0 Å². The summed E-state index contributed by atoms with van der Waals surface area (Å²) in [5, 5.41) is 7.24. The van der Waals surface area contributed by atoms with Gasteiger partial charge in [-0.15, -0.1) is 5.10 Å². The third-order valence-corrected chi connectivity index (χ3v) is 2.33. The summed E-state index contributed by atoms with van der Waals surface area (Å²) in [6.45, 7) is 5.42. The standard InChI is InChI=1S/C10H14N2O5S/c1-4-15-9(14)8-11-12-10(17-8)18-5-7(13)16-6(2)3/h6H,4-5H2,1-3H3. The summed E-state index contributed by atoms with van der Waals surface area (Å²) in [5.74, 6) is -1.24. The molecule has 18 heavy (non-hydrogen) atoms. The predicted octanol–water partition coefficient (Wildman–Crippen LogP) is 1.29. The predicted molar refractivity (Wildman–Crippen MR) is 62.2 cm³/mol. The van der Waals surface area contributed by atoms with E-state index in [-0.39, 0.29) is 35.5 Å². The minimum Gasteiger partial charge on any atom is -0.462 e. The normalized spacial score (nSPS) is 10.4. The number of hydrogen-bond acceptors (Lipinski definition) is 8. The average Bonchev–Trinajstić information content (AvgIpc) is 2.74. The van der Waals surface area contributed by atoms with E-state index >= 15 is 0 Å². The van der Waals surface area contributed by atoms with Gasteiger partial charge in [-0.05, 0) is 20.8 Å². The van der Waals surface area contributed by atoms with Gasteiger partial charge in [-0.3, -0.25) is 4.79 Å². The zero-order valence-electron chi connectivity index (χ0n) is 10.3. The molecule has 1 rings (SSSR count). The Labute approximate surface area is 108 Å². The lowest BCUT2D eigenvalue weighted by atomic mass is 10.5. The van der Waals surface area contributed by atoms with Gasteiger partial charge in [0, 0.05) is 0 Å². The number of carbonyl (C=O) groups is 2. The van der Waals surface area contributed by atoms with Gasteiger partial charge in [0.15, 0.2) is 0 Å². The molecule has 0 saturated carbocycles. The van der Waals surface area contributed by atoms with Crippen molar-refractivity contribution in [3.63, 3.8) is 0 Å². The fourth-order valence-corrected chi connectivity index (χ4v) is 1.51. The van der Waals surface area contributed by atoms with Crippen molar-refractivity contribution in [3.05, 3.63) is 5.89 Å². The van der Waals surface area contributed by atoms with Crippen molar-refractivity contribution < 1.29 is 23.5 Å². The number of aromatic nitrogens is 2. The van der Waals surface area contributed by atoms with E-state index < -0.39 is 5.97 Å². The number of nitrogens with zero attached hydrogens (tertiary/aromatic N) is 2. The highest BCUT2D eigenvalue weighted by Crippen LogP contribution is 2.16. The van der Waals surface area contributed by atoms with E-state index in [2.05, 4.69) is 14.9 Å². The number of thioether (sulfide) groups is 1. The van der Waals surface area contributed by atoms with Gasteiger partial charge in [0.2, 0.25) is 0 Å². The van der Waals surface area contributed by atoms with Crippen molar-refractivity contribution in [2.45, 2.75) is 32.1 Å². The van der Waals surface area contributed by atoms with E-state index in [4.69, 9.17) is 9.15 Å². The summed E-state index contributed by atoms with van der Waals surface area (Å²) in [4.78, 5) is 22.5. The Hall–Kier alpha value is -1.57. The molecule has 0 aliphatic carbocycles. The molecule has 1 aromatic rings. The molecule has 0 N–H and O–H groups in total. The Balaban J connectivity index is 2.44. The molecular weight excluding hydrogens is 260 g/mol. The largest absolute Gasteiger partial charge is 0.462 e. The smallest absolute Gasteiger partial charge is 0.396 e. The molecule has 0 atom stereocenters. The first-order valence-electron chi connectivity index (χ1n) is 5.35. The van der Waals surface area contributed by atoms with Crippen molar-refractivity contribution in [1.29, 1.82) is 0 Å². The van der Waals surface area contributed by atoms with E-state index in [1.807, 2.05) is 0 Å². The molecule has 0 saturated heterocycles. The van der Waals surface area contributed by atoms with Crippen LogP contribution in [0.2, 0.25) is 0 Å². The molecule has 0 aromatic carbocycles. The minimum atomic E-state index is -0.679. The summed E-state index contributed by atoms with van der Waals surface area (Å²) in [6, 6.07) is 0. The second kappa shape index (κ2) is 7.00. The van der Waals surface area contributed by atoms with Crippen LogP contribution in [0.1, 0.15) is 31.5 Å². The van der Waals surface area contributed by atoms with E-state index in [1.54, 1.807) is 20.8 Å². The first-order valence-corrected chi connectivity index (χ1v) is 6.34. The van der Waals surface area contributed by atoms with Crippen molar-refractivity contribution in [1.82, 2.24) is 10.2 Å². The molecule has 1 heterocycles. The summed E-state index contributed by atoms with van der Waals surface area (Å²) in [5.41, 5.74) is 0. The highest BCUT2D eigenvalue weighted by molar-refractivity contribution is 7.99. The van der Waals surface area contributed by atoms with Crippen LogP contribution in [0.3, 0.4) is 0 Å². The Morgan fingerprint density at radius 1 is 1.39 bits per heavy atom. The highest BCUT2D eigenvalue weighted by atomic mass is 32.2. The van der Waals surface area contributed by atoms with Gasteiger partial charge >= 0.3 is 17.8 Å². The van der Waals surface area contributed by atoms with E-state index in [1.165, 1.54) is 0 Å². The highest BCUT2D eigenvalue weighted by Gasteiger charge is 2.17. The number of hydrogen-bond donors (Lipinski definition) is 0. The number of esters is 2. The summed E-state index contributed by atoms with van der Waals surface area (Å²) in [6.07, 6.45) is -0.170. The third-order valence-electron chi connectivity index (χ3n) is 1.54. The molecule has 0 unspecified atom stereocenters. The molecule has 0 aliphatic rings. The van der Waals surface area contributed by atoms with Crippen LogP contribution in [0, 0.1) is 0 Å². The zero-order chi connectivity index (χ0) is 13.5. The molecule has 8 heteroatoms. The molecule has 0 aliphatic heterocycles. The quantitative estimate of drug-likeness (QED) is 0.566. The van der Waals surface area contributed by atoms with Crippen LogP contribution in [0.4, 0.5) is 0 Å². The van der Waals surface area contributed by atoms with E-state index in [9.17, 15) is 9.59 Å². The zero-order valence-corrected chi connectivity index (χ0v) is 11.2. The lowest BCUT2D eigenvalue weighted by Crippen LogP contribution is -2.13. The van der Waals surface area contributed by atoms with Gasteiger partial charge in [0.1, 0.15) is 5.75 Å². The average molecular weight is 274 g/mol. The SMILES string of the molecule is CCOC(=O)c1nnc(SCC(=O)OC(C)C)o1. The second-order valence-corrected chi connectivity index (χ2v) is 4.35. The van der Waals surface area contributed by atoms with Gasteiger partial charge in [-0.2, -0.15) is 0 Å². The fourth-order valence-electron chi connectivity index (χ4n) is 0.961. The Morgan fingerprint density at radius 2 is 2.11 bits per heavy atom. The molecule has 100 valence electrons. The minimum absolute atomic E-state index is 0.0443. The van der Waals surface area contributed by atoms with Crippen molar-refractivity contribution in [3.8, 4) is 0 Å². The van der Waals surface area contributed by atoms with Crippen LogP contribution in [0.5, 0.6) is 0 Å². The van der Waals surface area contributed by atoms with Gasteiger partial charge in [-0.25, -0.2) is 4.79 Å². The monoisotopic (exact) mass is 274 g/mol. The Morgan fingerprint density at radius 3 is 2.72 bits per heavy atom. The molecular formula is C10H14N2O5S. The number of carbonyl (C=O) groups excluding carboxylic acids is 2. The van der Waals surface area contributed by atoms with Crippen LogP contribution >= 0.6 is 11.8 Å². The van der Waals surface area contributed by atoms with E-state index in [0.29, 0.717) is 0 Å². The Bertz CT molecular complexity index is 418. The van der Waals surface area contributed by atoms with E-state index in [0.717, 1.165) is 11.8 Å². The maximum atomic E-state index is 11.2. The Kier molecular flexibility index (Phi) is 5.63. The maximum Gasteiger partial charge on any atom is 0.396 e. The second-order valence-electron chi connectivity index (χ2n) is 3.42. The van der Waals surface area contributed by atoms with Crippen LogP contribution < -0.4 is 0 Å². The number of rotatable bonds is 6. The summed E-state index contributed by atoms with van der Waals surface area (Å²) >= 11 is 1.00. The molecule has 7 nitrogen and oxygen atoms in total. The van der Waals surface area contributed by atoms with Crippen LogP contribution in [-0.4, -0.2) is 40.6 Å². The van der Waals surface area contributed by atoms with Crippen molar-refractivity contribution in [2.75, 3.05) is 12.4 Å². The van der Waals surface area contributed by atoms with Crippen molar-refractivity contribution in [2.24, 2.45) is 0 Å². The topological polar surface area (TPSA) is 91.5 Å². The van der Waals surface area contributed by atoms with Crippen LogP contribution in [0.15, 0.2) is 9.64 Å². The first-order chi connectivity index (χ1) is 8.52. The third kappa shape index (κ3) is 4.74. The molecule has 0 bridgehead atoms. The molecule has 0 radical (unpaired) electrons. The molecule has 0 spiro atoms. The van der Waals surface area contributed by atoms with Gasteiger partial charge in [-0.1, -0.05) is 16.9 Å². The molecule has 0 amide bonds. The molecule has 0 fully saturated rings. The first kappa shape index (κ1) is 14.5. The van der Waals surface area contributed by atoms with Gasteiger partial charge in [0.05, 0.1) is 12.7 Å². The lowest BCUT2D eigenvalue weighted by molar-refractivity contribution is -0.144. The van der Waals surface area contributed by atoms with Gasteiger partial charge < -0.3 is 13.9 Å². The maximum absolute atomic E-state index is 11.2. The summed E-state index contributed by atoms with van der Waals surface area (Å²) in [7, 11) is 0. The van der Waals surface area contributed by atoms with Crippen molar-refractivity contribution >= 4 is 23.7 Å². The fraction of sp³-hybridized carbons (Fsp3) is 0.600. The van der Waals surface area contributed by atoms with Crippen LogP contribution in [-0.2, 0) is 14.3 Å².